The number of benzene rings is 2. The third-order valence-electron chi connectivity index (χ3n) is 5.13. The van der Waals surface area contributed by atoms with Crippen molar-refractivity contribution in [2.75, 3.05) is 6.61 Å². The Bertz CT molecular complexity index is 947. The number of hydrogen-bond donors (Lipinski definition) is 0. The fourth-order valence-corrected chi connectivity index (χ4v) is 3.76. The first-order chi connectivity index (χ1) is 12.6. The predicted molar refractivity (Wildman–Crippen MR) is 96.7 cm³/mol. The Balaban J connectivity index is 1.73. The van der Waals surface area contributed by atoms with E-state index in [2.05, 4.69) is 6.92 Å². The molecule has 1 aliphatic heterocycles. The average molecular weight is 360 g/mol. The highest BCUT2D eigenvalue weighted by atomic mass is 19.1. The molecule has 0 saturated carbocycles. The molecule has 0 N–H and O–H groups in total. The van der Waals surface area contributed by atoms with Gasteiger partial charge in [0.05, 0.1) is 18.8 Å². The van der Waals surface area contributed by atoms with Gasteiger partial charge in [-0.1, -0.05) is 13.0 Å². The Hall–Kier alpha value is -2.14. The molecule has 1 aromatic heterocycles. The van der Waals surface area contributed by atoms with Crippen LogP contribution in [0.2, 0.25) is 0 Å². The topological polar surface area (TPSA) is 31.6 Å². The zero-order valence-corrected chi connectivity index (χ0v) is 15.0. The van der Waals surface area contributed by atoms with Crippen LogP contribution in [-0.2, 0) is 11.2 Å². The molecule has 2 atom stereocenters. The zero-order chi connectivity index (χ0) is 18.3. The molecule has 4 rings (SSSR count). The minimum absolute atomic E-state index is 0.0255. The Labute approximate surface area is 150 Å². The van der Waals surface area contributed by atoms with Crippen LogP contribution in [0, 0.1) is 11.6 Å². The van der Waals surface area contributed by atoms with Gasteiger partial charge in [0.15, 0.2) is 22.7 Å². The van der Waals surface area contributed by atoms with E-state index in [1.165, 1.54) is 0 Å². The van der Waals surface area contributed by atoms with Gasteiger partial charge in [0.1, 0.15) is 0 Å². The highest BCUT2D eigenvalue weighted by molar-refractivity contribution is 6.05. The zero-order valence-electron chi connectivity index (χ0n) is 15.0. The van der Waals surface area contributed by atoms with E-state index in [0.29, 0.717) is 29.4 Å². The van der Waals surface area contributed by atoms with E-state index in [0.717, 1.165) is 19.3 Å². The molecule has 2 aromatic carbocycles. The lowest BCUT2D eigenvalue weighted by molar-refractivity contribution is 0.0434. The van der Waals surface area contributed by atoms with Crippen molar-refractivity contribution in [1.29, 1.82) is 0 Å². The number of hydrogen-bond acceptors (Lipinski definition) is 3. The second kappa shape index (κ2) is 6.88. The highest BCUT2D eigenvalue weighted by Gasteiger charge is 2.26. The summed E-state index contributed by atoms with van der Waals surface area (Å²) in [5.41, 5.74) is 0.670. The molecular formula is C21H22F2O3. The molecule has 2 heterocycles. The Morgan fingerprint density at radius 3 is 2.35 bits per heavy atom. The van der Waals surface area contributed by atoms with Gasteiger partial charge in [-0.05, 0) is 49.9 Å². The summed E-state index contributed by atoms with van der Waals surface area (Å²) in [7, 11) is 0. The first kappa shape index (κ1) is 17.3. The van der Waals surface area contributed by atoms with Crippen molar-refractivity contribution in [3.63, 3.8) is 0 Å². The van der Waals surface area contributed by atoms with Crippen molar-refractivity contribution in [1.82, 2.24) is 0 Å². The Morgan fingerprint density at radius 2 is 1.65 bits per heavy atom. The summed E-state index contributed by atoms with van der Waals surface area (Å²) in [5, 5.41) is 1.12. The summed E-state index contributed by atoms with van der Waals surface area (Å²) in [4.78, 5) is 0. The lowest BCUT2D eigenvalue weighted by atomic mass is 10.0. The lowest BCUT2D eigenvalue weighted by Crippen LogP contribution is -2.13. The quantitative estimate of drug-likeness (QED) is 0.579. The molecule has 3 aromatic rings. The van der Waals surface area contributed by atoms with E-state index in [9.17, 15) is 4.39 Å². The summed E-state index contributed by atoms with van der Waals surface area (Å²) >= 11 is 0. The molecule has 1 saturated heterocycles. The minimum Gasteiger partial charge on any atom is -0.491 e. The maximum Gasteiger partial charge on any atom is 0.208 e. The van der Waals surface area contributed by atoms with E-state index in [4.69, 9.17) is 13.9 Å². The van der Waals surface area contributed by atoms with Crippen LogP contribution >= 0.6 is 0 Å². The molecule has 1 aliphatic rings. The van der Waals surface area contributed by atoms with Gasteiger partial charge >= 0.3 is 0 Å². The molecule has 5 heteroatoms. The maximum atomic E-state index is 15.0. The maximum absolute atomic E-state index is 15.0. The van der Waals surface area contributed by atoms with Gasteiger partial charge in [-0.25, -0.2) is 4.39 Å². The van der Waals surface area contributed by atoms with E-state index < -0.39 is 11.6 Å². The van der Waals surface area contributed by atoms with Gasteiger partial charge in [0.25, 0.3) is 0 Å². The standard InChI is InChI=1S/C21H22F2O3/c1-3-13-6-7-14(25-13)11-12-5-8-15-16-9-10-17(24-4-2)19(23)21(16)26-20(15)18(12)22/h5,8-10,13-14H,3-4,6-7,11H2,1-2H3. The van der Waals surface area contributed by atoms with Crippen LogP contribution in [-0.4, -0.2) is 18.8 Å². The van der Waals surface area contributed by atoms with Crippen LogP contribution in [0.25, 0.3) is 21.9 Å². The lowest BCUT2D eigenvalue weighted by Gasteiger charge is -2.13. The van der Waals surface area contributed by atoms with E-state index in [-0.39, 0.29) is 29.1 Å². The van der Waals surface area contributed by atoms with Crippen LogP contribution in [0.15, 0.2) is 28.7 Å². The van der Waals surface area contributed by atoms with Crippen molar-refractivity contribution in [2.45, 2.75) is 51.7 Å². The second-order valence-electron chi connectivity index (χ2n) is 6.77. The molecule has 0 aliphatic carbocycles. The van der Waals surface area contributed by atoms with Crippen LogP contribution in [0.3, 0.4) is 0 Å². The van der Waals surface area contributed by atoms with Crippen LogP contribution in [0.1, 0.15) is 38.7 Å². The summed E-state index contributed by atoms with van der Waals surface area (Å²) in [6.45, 7) is 4.23. The molecule has 3 nitrogen and oxygen atoms in total. The van der Waals surface area contributed by atoms with Gasteiger partial charge in [-0.15, -0.1) is 0 Å². The smallest absolute Gasteiger partial charge is 0.208 e. The molecule has 0 bridgehead atoms. The number of rotatable bonds is 5. The average Bonchev–Trinajstić information content (AvgIpc) is 3.25. The van der Waals surface area contributed by atoms with Gasteiger partial charge in [-0.2, -0.15) is 4.39 Å². The molecule has 0 radical (unpaired) electrons. The number of furan rings is 1. The number of halogens is 2. The molecule has 0 spiro atoms. The molecule has 138 valence electrons. The van der Waals surface area contributed by atoms with Crippen LogP contribution in [0.5, 0.6) is 5.75 Å². The Kier molecular flexibility index (Phi) is 4.57. The fourth-order valence-electron chi connectivity index (χ4n) is 3.76. The first-order valence-electron chi connectivity index (χ1n) is 9.22. The largest absolute Gasteiger partial charge is 0.491 e. The predicted octanol–water partition coefficient (Wildman–Crippen LogP) is 5.76. The van der Waals surface area contributed by atoms with Crippen LogP contribution < -0.4 is 4.74 Å². The monoisotopic (exact) mass is 360 g/mol. The third-order valence-corrected chi connectivity index (χ3v) is 5.13. The molecule has 2 unspecified atom stereocenters. The molecule has 0 amide bonds. The van der Waals surface area contributed by atoms with Crippen molar-refractivity contribution >= 4 is 21.9 Å². The van der Waals surface area contributed by atoms with Crippen molar-refractivity contribution in [2.24, 2.45) is 0 Å². The van der Waals surface area contributed by atoms with Crippen molar-refractivity contribution in [3.05, 3.63) is 41.5 Å². The first-order valence-corrected chi connectivity index (χ1v) is 9.22. The molecule has 1 fully saturated rings. The Morgan fingerprint density at radius 1 is 0.962 bits per heavy atom. The van der Waals surface area contributed by atoms with Crippen LogP contribution in [0.4, 0.5) is 8.78 Å². The van der Waals surface area contributed by atoms with Gasteiger partial charge < -0.3 is 13.9 Å². The third kappa shape index (κ3) is 2.84. The number of fused-ring (bicyclic) bond motifs is 3. The summed E-state index contributed by atoms with van der Waals surface area (Å²) in [6, 6.07) is 6.81. The van der Waals surface area contributed by atoms with E-state index in [1.54, 1.807) is 31.2 Å². The van der Waals surface area contributed by atoms with Gasteiger partial charge in [0, 0.05) is 17.2 Å². The molecular weight excluding hydrogens is 338 g/mol. The highest BCUT2D eigenvalue weighted by Crippen LogP contribution is 2.37. The van der Waals surface area contributed by atoms with Gasteiger partial charge in [0.2, 0.25) is 5.82 Å². The summed E-state index contributed by atoms with van der Waals surface area (Å²) in [6.07, 6.45) is 3.72. The van der Waals surface area contributed by atoms with Crippen molar-refractivity contribution in [3.8, 4) is 5.75 Å². The number of ether oxygens (including phenoxy) is 2. The molecule has 26 heavy (non-hydrogen) atoms. The van der Waals surface area contributed by atoms with E-state index in [1.807, 2.05) is 0 Å². The SMILES string of the molecule is CCOc1ccc2c(oc3c(F)c(CC4CCC(CC)O4)ccc32)c1F. The van der Waals surface area contributed by atoms with Crippen molar-refractivity contribution < 1.29 is 22.7 Å². The van der Waals surface area contributed by atoms with E-state index >= 15 is 4.39 Å². The summed E-state index contributed by atoms with van der Waals surface area (Å²) in [5.74, 6) is -0.907. The minimum atomic E-state index is -0.591. The fraction of sp³-hybridized carbons (Fsp3) is 0.429. The second-order valence-corrected chi connectivity index (χ2v) is 6.77. The normalized spacial score (nSPS) is 20.3. The summed E-state index contributed by atoms with van der Waals surface area (Å²) < 4.78 is 46.4. The van der Waals surface area contributed by atoms with Gasteiger partial charge in [-0.3, -0.25) is 0 Å².